The molecular weight excluding hydrogens is 1440 g/mol. The van der Waals surface area contributed by atoms with Gasteiger partial charge in [-0.15, -0.1) is 11.6 Å². The minimum atomic E-state index is -4.61. The molecule has 7 rings (SSSR count). The number of methoxy groups -OCH3 is 1. The summed E-state index contributed by atoms with van der Waals surface area (Å²) in [5.74, 6) is -6.85. The second-order valence-corrected chi connectivity index (χ2v) is 28.0. The normalized spacial score (nSPS) is 14.7. The minimum Gasteiger partial charge on any atom is -0.489 e. The lowest BCUT2D eigenvalue weighted by atomic mass is 9.81. The number of aryl methyl sites for hydroxylation is 2. The van der Waals surface area contributed by atoms with Crippen LogP contribution >= 0.6 is 53.8 Å². The molecule has 99 heavy (non-hydrogen) atoms. The zero-order valence-electron chi connectivity index (χ0n) is 54.3. The van der Waals surface area contributed by atoms with Gasteiger partial charge in [0.25, 0.3) is 17.3 Å². The van der Waals surface area contributed by atoms with Crippen LogP contribution in [0.25, 0.3) is 0 Å². The first-order chi connectivity index (χ1) is 46.1. The van der Waals surface area contributed by atoms with Crippen LogP contribution in [0.1, 0.15) is 90.8 Å². The molecule has 1 heterocycles. The monoisotopic (exact) mass is 1510 g/mol. The molecule has 4 atom stereocenters. The van der Waals surface area contributed by atoms with Gasteiger partial charge in [-0.05, 0) is 107 Å². The average Bonchev–Trinajstić information content (AvgIpc) is 0.881. The summed E-state index contributed by atoms with van der Waals surface area (Å²) in [6.07, 6.45) is -2.36. The summed E-state index contributed by atoms with van der Waals surface area (Å²) >= 11 is 22.8. The number of ketones is 3. The van der Waals surface area contributed by atoms with Crippen molar-refractivity contribution in [2.75, 3.05) is 68.3 Å². The lowest BCUT2D eigenvalue weighted by molar-refractivity contribution is -0.385. The standard InChI is InChI=1S/C18H13ClF3NO7.C15H22ClNO2.C14H13NO7S.C11H11Cl2NO2.C5H12NO4P/c1-2-28-16(24)9-29-17(25)12-8-11(4-5-14(12)23(26)27)30-15-6-3-10(7-13(15)19)18(20,21)22;1-5-13-8-6-7-11(2)15(13)17(14(18)9-16)12(3)10-19-4;1-23(21,22)8-5-6-9(10(7-8)15(19)20)14(18)13-11(16)3-2-4-12(13)17;1-7-6-16-9-5-3-2-4-8(9)14(7)11(15)10(12)13;1-11(9,10)3-2-4(6)5(7)8/h3-8H,2,9H2,1H3;6-8,12H,5,9-10H2,1-4H3;5-7,13H,2-4H2,1H3;2-5,7,10H,6H2,1H3;4H,2-3,6H2,1H3,(H,7,8)(H,9,10). The number of halogens is 7. The number of aliphatic carboxylic acids is 1. The summed E-state index contributed by atoms with van der Waals surface area (Å²) in [5, 5.41) is 30.2. The smallest absolute Gasteiger partial charge is 0.416 e. The molecule has 1 saturated carbocycles. The predicted molar refractivity (Wildman–Crippen MR) is 360 cm³/mol. The van der Waals surface area contributed by atoms with E-state index in [4.69, 9.17) is 81.1 Å². The van der Waals surface area contributed by atoms with Crippen molar-refractivity contribution in [2.45, 2.75) is 101 Å². The van der Waals surface area contributed by atoms with E-state index >= 15 is 0 Å². The van der Waals surface area contributed by atoms with Gasteiger partial charge in [0, 0.05) is 57.2 Å². The molecule has 540 valence electrons. The maximum atomic E-state index is 12.7. The molecule has 4 unspecified atom stereocenters. The Morgan fingerprint density at radius 3 is 2.05 bits per heavy atom. The first-order valence-corrected chi connectivity index (χ1v) is 35.4. The zero-order chi connectivity index (χ0) is 75.0. The van der Waals surface area contributed by atoms with Crippen LogP contribution in [0.2, 0.25) is 5.02 Å². The Hall–Kier alpha value is -8.13. The van der Waals surface area contributed by atoms with Crippen molar-refractivity contribution in [3.63, 3.8) is 0 Å². The lowest BCUT2D eigenvalue weighted by Gasteiger charge is -2.35. The van der Waals surface area contributed by atoms with Gasteiger partial charge in [-0.2, -0.15) is 13.2 Å². The minimum absolute atomic E-state index is 0.0223. The van der Waals surface area contributed by atoms with Crippen molar-refractivity contribution < 1.29 is 108 Å². The third-order valence-corrected chi connectivity index (χ3v) is 17.0. The molecule has 0 saturated heterocycles. The quantitative estimate of drug-likeness (QED) is 0.0110. The number of amides is 2. The van der Waals surface area contributed by atoms with Crippen LogP contribution in [-0.4, -0.2) is 157 Å². The highest BCUT2D eigenvalue weighted by Crippen LogP contribution is 2.39. The highest BCUT2D eigenvalue weighted by atomic mass is 35.5. The second kappa shape index (κ2) is 39.0. The van der Waals surface area contributed by atoms with Crippen molar-refractivity contribution in [3.05, 3.63) is 150 Å². The Balaban J connectivity index is 0.000000334. The van der Waals surface area contributed by atoms with E-state index in [0.29, 0.717) is 31.5 Å². The van der Waals surface area contributed by atoms with Crippen molar-refractivity contribution in [2.24, 2.45) is 11.7 Å². The van der Waals surface area contributed by atoms with E-state index < -0.39 is 120 Å². The molecule has 5 aromatic rings. The van der Waals surface area contributed by atoms with Crippen LogP contribution in [0.4, 0.5) is 35.9 Å². The Morgan fingerprint density at radius 2 is 1.53 bits per heavy atom. The van der Waals surface area contributed by atoms with Crippen LogP contribution < -0.4 is 25.0 Å². The average molecular weight is 1510 g/mol. The fourth-order valence-corrected chi connectivity index (χ4v) is 11.2. The Morgan fingerprint density at radius 1 is 0.899 bits per heavy atom. The molecule has 36 heteroatoms. The molecule has 2 aliphatic rings. The predicted octanol–water partition coefficient (Wildman–Crippen LogP) is 11.4. The summed E-state index contributed by atoms with van der Waals surface area (Å²) in [7, 11) is -5.16. The summed E-state index contributed by atoms with van der Waals surface area (Å²) in [6.45, 7) is 10.9. The number of nitro groups is 2. The number of carboxylic acids is 1. The second-order valence-electron chi connectivity index (χ2n) is 21.6. The van der Waals surface area contributed by atoms with Crippen LogP contribution in [0.5, 0.6) is 17.2 Å². The Labute approximate surface area is 586 Å². The third-order valence-electron chi connectivity index (χ3n) is 13.9. The number of hydrogen-bond donors (Lipinski definition) is 3. The number of alkyl halides is 6. The largest absolute Gasteiger partial charge is 0.489 e. The molecular formula is C63H71Cl4F3N5O22PS. The molecule has 2 amide bonds. The number of nitro benzene ring substituents is 2. The van der Waals surface area contributed by atoms with Gasteiger partial charge < -0.3 is 49.2 Å². The summed E-state index contributed by atoms with van der Waals surface area (Å²) in [5.41, 5.74) is 5.70. The van der Waals surface area contributed by atoms with Crippen molar-refractivity contribution in [1.82, 2.24) is 0 Å². The zero-order valence-corrected chi connectivity index (χ0v) is 59.1. The van der Waals surface area contributed by atoms with Gasteiger partial charge in [0.15, 0.2) is 46.0 Å². The number of nitrogens with two attached hydrogens (primary N) is 1. The van der Waals surface area contributed by atoms with Gasteiger partial charge in [0.05, 0.1) is 67.6 Å². The summed E-state index contributed by atoms with van der Waals surface area (Å²) < 4.78 is 97.1. The summed E-state index contributed by atoms with van der Waals surface area (Å²) in [6, 6.07) is 20.4. The van der Waals surface area contributed by atoms with Crippen LogP contribution in [0.15, 0.2) is 102 Å². The molecule has 0 radical (unpaired) electrons. The van der Waals surface area contributed by atoms with E-state index in [-0.39, 0.29) is 83.2 Å². The first-order valence-electron chi connectivity index (χ1n) is 29.5. The van der Waals surface area contributed by atoms with E-state index in [1.807, 2.05) is 57.2 Å². The van der Waals surface area contributed by atoms with Crippen LogP contribution in [-0.2, 0) is 70.0 Å². The number of rotatable bonds is 22. The van der Waals surface area contributed by atoms with Crippen LogP contribution in [0, 0.1) is 33.1 Å². The number of carboxylic acid groups (broad SMARTS) is 1. The maximum Gasteiger partial charge on any atom is 0.416 e. The number of esters is 2. The SMILES string of the molecule is CC1COc2ccccc2N1C(=O)C(Cl)Cl.CCOC(=O)COC(=O)c1cc(Oc2ccc(C(F)(F)F)cc2Cl)ccc1[N+](=O)[O-].CCc1cccc(C)c1N(C(=O)CCl)C(C)COC.CP(=O)(O)CCC(N)C(=O)O.CS(=O)(=O)c1ccc(C(=O)C2C(=O)CCCC2=O)c([N+](=O)[O-])c1. The number of Topliss-reactive ketones (excluding diaryl/α,β-unsaturated/α-hetero) is 3. The number of anilines is 2. The number of hydrogen-bond acceptors (Lipinski definition) is 21. The van der Waals surface area contributed by atoms with Crippen molar-refractivity contribution >= 4 is 133 Å². The van der Waals surface area contributed by atoms with Gasteiger partial charge in [-0.25, -0.2) is 18.0 Å². The molecule has 27 nitrogen and oxygen atoms in total. The highest BCUT2D eigenvalue weighted by Gasteiger charge is 2.40. The lowest BCUT2D eigenvalue weighted by Crippen LogP contribution is -2.47. The van der Waals surface area contributed by atoms with E-state index in [1.165, 1.54) is 13.6 Å². The van der Waals surface area contributed by atoms with E-state index in [1.54, 1.807) is 16.9 Å². The summed E-state index contributed by atoms with van der Waals surface area (Å²) in [4.78, 5) is 125. The number of carbonyl (C=O) groups is 8. The van der Waals surface area contributed by atoms with Gasteiger partial charge in [0.1, 0.15) is 47.3 Å². The van der Waals surface area contributed by atoms with Crippen molar-refractivity contribution in [1.29, 1.82) is 0 Å². The molecule has 0 bridgehead atoms. The fourth-order valence-electron chi connectivity index (χ4n) is 9.21. The number of ether oxygens (including phenoxy) is 5. The van der Waals surface area contributed by atoms with Gasteiger partial charge in [-0.1, -0.05) is 72.1 Å². The van der Waals surface area contributed by atoms with Crippen molar-refractivity contribution in [3.8, 4) is 17.2 Å². The number of carbonyl (C=O) groups excluding carboxylic acids is 7. The van der Waals surface area contributed by atoms with Gasteiger partial charge in [-0.3, -0.25) is 53.6 Å². The Kier molecular flexibility index (Phi) is 33.5. The topological polar surface area (TPSA) is 393 Å². The highest BCUT2D eigenvalue weighted by molar-refractivity contribution is 7.90. The number of benzene rings is 5. The molecule has 5 aromatic carbocycles. The molecule has 0 spiro atoms. The molecule has 1 aliphatic heterocycles. The van der Waals surface area contributed by atoms with E-state index in [2.05, 4.69) is 17.7 Å². The van der Waals surface area contributed by atoms with Crippen LogP contribution in [0.3, 0.4) is 0 Å². The number of nitrogens with zero attached hydrogens (tertiary/aromatic N) is 4. The van der Waals surface area contributed by atoms with E-state index in [9.17, 15) is 84.7 Å². The molecule has 0 aromatic heterocycles. The Bertz CT molecular complexity index is 3920. The maximum absolute atomic E-state index is 12.7. The molecule has 1 aliphatic carbocycles. The number of para-hydroxylation sites is 3. The number of fused-ring (bicyclic) bond motifs is 1. The first kappa shape index (κ1) is 85.1. The van der Waals surface area contributed by atoms with E-state index in [0.717, 1.165) is 83.7 Å². The fraction of sp³-hybridized carbons (Fsp3) is 0.397. The third kappa shape index (κ3) is 25.8. The number of sulfone groups is 1. The molecule has 1 fully saturated rings. The molecule has 4 N–H and O–H groups in total. The van der Waals surface area contributed by atoms with Gasteiger partial charge >= 0.3 is 24.1 Å². The van der Waals surface area contributed by atoms with Gasteiger partial charge in [0.2, 0.25) is 5.91 Å².